The minimum Gasteiger partial charge on any atom is -0.491 e. The van der Waals surface area contributed by atoms with Crippen LogP contribution in [0.4, 0.5) is 13.2 Å². The van der Waals surface area contributed by atoms with Crippen LogP contribution in [0.3, 0.4) is 0 Å². The monoisotopic (exact) mass is 432 g/mol. The zero-order valence-electron chi connectivity index (χ0n) is 17.8. The van der Waals surface area contributed by atoms with E-state index in [4.69, 9.17) is 14.2 Å². The lowest BCUT2D eigenvalue weighted by Crippen LogP contribution is -2.20. The van der Waals surface area contributed by atoms with E-state index in [0.717, 1.165) is 25.7 Å². The highest BCUT2D eigenvalue weighted by Crippen LogP contribution is 2.44. The number of hydrogen-bond acceptors (Lipinski definition) is 3. The van der Waals surface area contributed by atoms with Gasteiger partial charge in [-0.2, -0.15) is 13.2 Å². The van der Waals surface area contributed by atoms with Crippen molar-refractivity contribution >= 4 is 0 Å². The van der Waals surface area contributed by atoms with Gasteiger partial charge in [0.05, 0.1) is 13.2 Å². The molecule has 1 heterocycles. The SMILES string of the molecule is C/C=C/C1CCC(COc2cc3c(c(F)c2F)Oc2c(ccc(OCC)c2F)C3)CC1. The first-order valence-corrected chi connectivity index (χ1v) is 10.9. The van der Waals surface area contributed by atoms with Crippen LogP contribution in [0.1, 0.15) is 50.7 Å². The molecule has 0 bridgehead atoms. The number of rotatable bonds is 6. The second kappa shape index (κ2) is 9.25. The molecule has 0 aromatic heterocycles. The molecule has 1 aliphatic heterocycles. The van der Waals surface area contributed by atoms with E-state index in [1.54, 1.807) is 13.0 Å². The molecule has 2 aliphatic rings. The van der Waals surface area contributed by atoms with Gasteiger partial charge in [-0.05, 0) is 63.5 Å². The molecule has 6 heteroatoms. The number of allylic oxidation sites excluding steroid dienone is 2. The maximum atomic E-state index is 14.8. The molecule has 0 spiro atoms. The minimum atomic E-state index is -1.16. The number of halogens is 3. The highest BCUT2D eigenvalue weighted by atomic mass is 19.2. The van der Waals surface area contributed by atoms with Crippen LogP contribution in [0.15, 0.2) is 30.4 Å². The van der Waals surface area contributed by atoms with Crippen molar-refractivity contribution in [3.63, 3.8) is 0 Å². The summed E-state index contributed by atoms with van der Waals surface area (Å²) >= 11 is 0. The largest absolute Gasteiger partial charge is 0.491 e. The van der Waals surface area contributed by atoms with Gasteiger partial charge < -0.3 is 14.2 Å². The average Bonchev–Trinajstić information content (AvgIpc) is 2.78. The van der Waals surface area contributed by atoms with Crippen molar-refractivity contribution in [2.75, 3.05) is 13.2 Å². The molecule has 0 amide bonds. The molecule has 3 nitrogen and oxygen atoms in total. The fourth-order valence-electron chi connectivity index (χ4n) is 4.41. The first-order valence-electron chi connectivity index (χ1n) is 10.9. The number of benzene rings is 2. The number of hydrogen-bond donors (Lipinski definition) is 0. The summed E-state index contributed by atoms with van der Waals surface area (Å²) in [5.74, 6) is -2.57. The smallest absolute Gasteiger partial charge is 0.207 e. The molecule has 0 unspecified atom stereocenters. The molecular formula is C25H27F3O3. The van der Waals surface area contributed by atoms with Crippen LogP contribution in [0.2, 0.25) is 0 Å². The Morgan fingerprint density at radius 1 is 0.935 bits per heavy atom. The third kappa shape index (κ3) is 4.39. The lowest BCUT2D eigenvalue weighted by atomic mass is 9.82. The predicted octanol–water partition coefficient (Wildman–Crippen LogP) is 6.96. The summed E-state index contributed by atoms with van der Waals surface area (Å²) in [4.78, 5) is 0. The van der Waals surface area contributed by atoms with Crippen LogP contribution in [-0.2, 0) is 6.42 Å². The van der Waals surface area contributed by atoms with Crippen LogP contribution in [0, 0.1) is 29.3 Å². The highest BCUT2D eigenvalue weighted by Gasteiger charge is 2.30. The number of fused-ring (bicyclic) bond motifs is 2. The summed E-state index contributed by atoms with van der Waals surface area (Å²) in [6.07, 6.45) is 8.70. The van der Waals surface area contributed by atoms with Crippen molar-refractivity contribution in [1.29, 1.82) is 0 Å². The van der Waals surface area contributed by atoms with Crippen molar-refractivity contribution in [1.82, 2.24) is 0 Å². The van der Waals surface area contributed by atoms with Crippen molar-refractivity contribution in [2.24, 2.45) is 11.8 Å². The molecule has 31 heavy (non-hydrogen) atoms. The quantitative estimate of drug-likeness (QED) is 0.394. The summed E-state index contributed by atoms with van der Waals surface area (Å²) < 4.78 is 60.5. The van der Waals surface area contributed by atoms with Gasteiger partial charge in [-0.15, -0.1) is 0 Å². The van der Waals surface area contributed by atoms with E-state index in [0.29, 0.717) is 29.6 Å². The molecule has 166 valence electrons. The third-order valence-electron chi connectivity index (χ3n) is 6.06. The fourth-order valence-corrected chi connectivity index (χ4v) is 4.41. The van der Waals surface area contributed by atoms with Gasteiger partial charge in [-0.25, -0.2) is 0 Å². The van der Waals surface area contributed by atoms with E-state index >= 15 is 0 Å². The third-order valence-corrected chi connectivity index (χ3v) is 6.06. The van der Waals surface area contributed by atoms with Crippen LogP contribution in [0.5, 0.6) is 23.0 Å². The van der Waals surface area contributed by atoms with Crippen molar-refractivity contribution in [3.05, 3.63) is 58.9 Å². The maximum Gasteiger partial charge on any atom is 0.207 e. The van der Waals surface area contributed by atoms with E-state index < -0.39 is 17.5 Å². The first-order chi connectivity index (χ1) is 15.0. The van der Waals surface area contributed by atoms with E-state index in [2.05, 4.69) is 12.2 Å². The summed E-state index contributed by atoms with van der Waals surface area (Å²) in [5.41, 5.74) is 0.981. The molecule has 4 rings (SSSR count). The van der Waals surface area contributed by atoms with E-state index in [-0.39, 0.29) is 36.0 Å². The summed E-state index contributed by atoms with van der Waals surface area (Å²) in [6.45, 7) is 4.39. The van der Waals surface area contributed by atoms with Gasteiger partial charge in [-0.1, -0.05) is 18.2 Å². The van der Waals surface area contributed by atoms with Gasteiger partial charge in [0.2, 0.25) is 17.5 Å². The Kier molecular flexibility index (Phi) is 6.44. The van der Waals surface area contributed by atoms with Crippen LogP contribution in [0.25, 0.3) is 0 Å². The zero-order chi connectivity index (χ0) is 22.0. The Bertz CT molecular complexity index is 979. The summed E-state index contributed by atoms with van der Waals surface area (Å²) in [5, 5.41) is 0. The van der Waals surface area contributed by atoms with Crippen LogP contribution >= 0.6 is 0 Å². The molecule has 1 fully saturated rings. The first kappa shape index (κ1) is 21.6. The van der Waals surface area contributed by atoms with Gasteiger partial charge >= 0.3 is 0 Å². The zero-order valence-corrected chi connectivity index (χ0v) is 17.8. The Hall–Kier alpha value is -2.63. The molecule has 0 radical (unpaired) electrons. The standard InChI is InChI=1S/C25H27F3O3/c1-3-5-15-6-8-16(9-7-15)14-30-20-13-18-12-17-10-11-19(29-4-2)22(27)24(17)31-25(18)23(28)21(20)26/h3,5,10-11,13,15-16H,4,6-9,12,14H2,1-2H3/b5-3+. The molecular weight excluding hydrogens is 405 g/mol. The second-order valence-corrected chi connectivity index (χ2v) is 8.19. The van der Waals surface area contributed by atoms with Crippen LogP contribution < -0.4 is 14.2 Å². The topological polar surface area (TPSA) is 27.7 Å². The van der Waals surface area contributed by atoms with Crippen molar-refractivity contribution in [2.45, 2.75) is 46.0 Å². The molecule has 0 atom stereocenters. The Labute approximate surface area is 180 Å². The normalized spacial score (nSPS) is 20.2. The fraction of sp³-hybridized carbons (Fsp3) is 0.440. The maximum absolute atomic E-state index is 14.8. The van der Waals surface area contributed by atoms with Gasteiger partial charge in [0.15, 0.2) is 23.0 Å². The number of ether oxygens (including phenoxy) is 3. The van der Waals surface area contributed by atoms with E-state index in [1.165, 1.54) is 12.1 Å². The van der Waals surface area contributed by atoms with Crippen molar-refractivity contribution < 1.29 is 27.4 Å². The van der Waals surface area contributed by atoms with Gasteiger partial charge in [0.1, 0.15) is 0 Å². The molecule has 0 saturated heterocycles. The average molecular weight is 432 g/mol. The Morgan fingerprint density at radius 3 is 2.39 bits per heavy atom. The molecule has 1 aliphatic carbocycles. The van der Waals surface area contributed by atoms with Gasteiger partial charge in [-0.3, -0.25) is 0 Å². The Balaban J connectivity index is 1.50. The van der Waals surface area contributed by atoms with E-state index in [9.17, 15) is 13.2 Å². The molecule has 1 saturated carbocycles. The highest BCUT2D eigenvalue weighted by molar-refractivity contribution is 5.55. The van der Waals surface area contributed by atoms with Crippen molar-refractivity contribution in [3.8, 4) is 23.0 Å². The minimum absolute atomic E-state index is 0.0229. The van der Waals surface area contributed by atoms with Gasteiger partial charge in [0.25, 0.3) is 0 Å². The van der Waals surface area contributed by atoms with Gasteiger partial charge in [0, 0.05) is 17.5 Å². The summed E-state index contributed by atoms with van der Waals surface area (Å²) in [6, 6.07) is 4.67. The lowest BCUT2D eigenvalue weighted by molar-refractivity contribution is 0.187. The van der Waals surface area contributed by atoms with E-state index in [1.807, 2.05) is 6.92 Å². The van der Waals surface area contributed by atoms with Crippen LogP contribution in [-0.4, -0.2) is 13.2 Å². The second-order valence-electron chi connectivity index (χ2n) is 8.19. The molecule has 2 aromatic carbocycles. The Morgan fingerprint density at radius 2 is 1.68 bits per heavy atom. The molecule has 2 aromatic rings. The molecule has 0 N–H and O–H groups in total. The lowest BCUT2D eigenvalue weighted by Gasteiger charge is -2.27. The predicted molar refractivity (Wildman–Crippen MR) is 113 cm³/mol. The summed E-state index contributed by atoms with van der Waals surface area (Å²) in [7, 11) is 0.